The Kier molecular flexibility index (Phi) is 9.56. The van der Waals surface area contributed by atoms with Crippen molar-refractivity contribution in [2.75, 3.05) is 13.1 Å². The zero-order valence-corrected chi connectivity index (χ0v) is 23.6. The third-order valence-electron chi connectivity index (χ3n) is 7.96. The van der Waals surface area contributed by atoms with E-state index in [0.29, 0.717) is 11.1 Å². The van der Waals surface area contributed by atoms with E-state index in [-0.39, 0.29) is 30.2 Å². The molecule has 8 nitrogen and oxygen atoms in total. The van der Waals surface area contributed by atoms with Gasteiger partial charge in [-0.25, -0.2) is 8.78 Å². The largest absolute Gasteiger partial charge is 0.508 e. The van der Waals surface area contributed by atoms with Crippen LogP contribution in [-0.2, 0) is 16.0 Å². The maximum Gasteiger partial charge on any atom is 0.272 e. The molecule has 3 rings (SSSR count). The highest BCUT2D eigenvalue weighted by atomic mass is 19.3. The zero-order valence-electron chi connectivity index (χ0n) is 23.6. The maximum absolute atomic E-state index is 15.2. The van der Waals surface area contributed by atoms with Gasteiger partial charge < -0.3 is 25.7 Å². The quantitative estimate of drug-likeness (QED) is 0.356. The summed E-state index contributed by atoms with van der Waals surface area (Å²) in [6.07, 6.45) is -1.15. The first kappa shape index (κ1) is 31.0. The van der Waals surface area contributed by atoms with Crippen molar-refractivity contribution >= 4 is 17.7 Å². The van der Waals surface area contributed by atoms with Crippen LogP contribution in [0.1, 0.15) is 55.6 Å². The number of aliphatic hydroxyl groups is 1. The van der Waals surface area contributed by atoms with Gasteiger partial charge in [-0.1, -0.05) is 70.5 Å². The number of nitrogens with zero attached hydrogens (tertiary/aromatic N) is 1. The highest BCUT2D eigenvalue weighted by molar-refractivity contribution is 5.97. The van der Waals surface area contributed by atoms with E-state index in [9.17, 15) is 24.6 Å². The van der Waals surface area contributed by atoms with E-state index in [4.69, 9.17) is 0 Å². The van der Waals surface area contributed by atoms with Crippen LogP contribution in [0, 0.1) is 18.3 Å². The van der Waals surface area contributed by atoms with Crippen LogP contribution in [0.5, 0.6) is 5.75 Å². The molecule has 218 valence electrons. The number of aromatic hydroxyl groups is 1. The molecule has 1 heterocycles. The zero-order chi connectivity index (χ0) is 29.8. The third-order valence-corrected chi connectivity index (χ3v) is 7.96. The second-order valence-electron chi connectivity index (χ2n) is 11.2. The molecule has 0 radical (unpaired) electrons. The number of phenols is 1. The number of carbonyl (C=O) groups excluding carboxylic acids is 3. The SMILES string of the molecule is CC[C@H](C)CNC(=O)[C@H]1N(C(=O)[C@@H](O)[C@H](Cc2ccccc2)NC(=O)c2cccc(O)c2C)CC(F)(F)C1(C)C. The summed E-state index contributed by atoms with van der Waals surface area (Å²) in [5, 5.41) is 26.7. The van der Waals surface area contributed by atoms with Crippen LogP contribution in [0.2, 0.25) is 0 Å². The summed E-state index contributed by atoms with van der Waals surface area (Å²) < 4.78 is 30.4. The van der Waals surface area contributed by atoms with Crippen molar-refractivity contribution in [1.29, 1.82) is 0 Å². The van der Waals surface area contributed by atoms with Crippen LogP contribution in [0.4, 0.5) is 8.78 Å². The molecular weight excluding hydrogens is 520 g/mol. The molecule has 0 unspecified atom stereocenters. The number of rotatable bonds is 10. The van der Waals surface area contributed by atoms with E-state index >= 15 is 8.78 Å². The Morgan fingerprint density at radius 1 is 1.10 bits per heavy atom. The van der Waals surface area contributed by atoms with Crippen LogP contribution < -0.4 is 10.6 Å². The minimum absolute atomic E-state index is 0.00978. The molecule has 2 aromatic rings. The Bertz CT molecular complexity index is 1220. The van der Waals surface area contributed by atoms with E-state index < -0.39 is 53.8 Å². The smallest absolute Gasteiger partial charge is 0.272 e. The number of likely N-dealkylation sites (tertiary alicyclic amines) is 1. The lowest BCUT2D eigenvalue weighted by Crippen LogP contribution is -2.58. The van der Waals surface area contributed by atoms with Crippen molar-refractivity contribution < 1.29 is 33.4 Å². The number of aliphatic hydroxyl groups excluding tert-OH is 1. The van der Waals surface area contributed by atoms with E-state index in [2.05, 4.69) is 10.6 Å². The highest BCUT2D eigenvalue weighted by Crippen LogP contribution is 2.48. The van der Waals surface area contributed by atoms with Gasteiger partial charge in [0.2, 0.25) is 5.91 Å². The second kappa shape index (κ2) is 12.3. The average molecular weight is 560 g/mol. The number of halogens is 2. The van der Waals surface area contributed by atoms with Gasteiger partial charge in [-0.05, 0) is 37.0 Å². The number of hydrogen-bond acceptors (Lipinski definition) is 5. The highest BCUT2D eigenvalue weighted by Gasteiger charge is 2.64. The van der Waals surface area contributed by atoms with E-state index in [1.54, 1.807) is 37.3 Å². The van der Waals surface area contributed by atoms with Gasteiger partial charge in [-0.2, -0.15) is 0 Å². The molecule has 0 aliphatic carbocycles. The summed E-state index contributed by atoms with van der Waals surface area (Å²) in [6, 6.07) is 10.4. The molecule has 0 spiro atoms. The lowest BCUT2D eigenvalue weighted by atomic mass is 9.81. The van der Waals surface area contributed by atoms with Gasteiger partial charge in [-0.3, -0.25) is 14.4 Å². The number of alkyl halides is 2. The van der Waals surface area contributed by atoms with Crippen LogP contribution in [-0.4, -0.2) is 70.0 Å². The first-order valence-electron chi connectivity index (χ1n) is 13.5. The summed E-state index contributed by atoms with van der Waals surface area (Å²) in [5.74, 6) is -5.86. The van der Waals surface area contributed by atoms with Crippen molar-refractivity contribution in [2.45, 2.75) is 71.6 Å². The van der Waals surface area contributed by atoms with Crippen molar-refractivity contribution in [3.63, 3.8) is 0 Å². The first-order chi connectivity index (χ1) is 18.7. The molecule has 3 amide bonds. The molecule has 1 saturated heterocycles. The second-order valence-corrected chi connectivity index (χ2v) is 11.2. The minimum atomic E-state index is -3.41. The van der Waals surface area contributed by atoms with Gasteiger partial charge in [-0.15, -0.1) is 0 Å². The Hall–Kier alpha value is -3.53. The number of phenolic OH excluding ortho intramolecular Hbond substituents is 1. The predicted molar refractivity (Wildman–Crippen MR) is 147 cm³/mol. The summed E-state index contributed by atoms with van der Waals surface area (Å²) in [7, 11) is 0. The van der Waals surface area contributed by atoms with Gasteiger partial charge in [0.25, 0.3) is 17.7 Å². The van der Waals surface area contributed by atoms with Gasteiger partial charge in [0.15, 0.2) is 6.10 Å². The van der Waals surface area contributed by atoms with Gasteiger partial charge >= 0.3 is 0 Å². The first-order valence-corrected chi connectivity index (χ1v) is 13.5. The van der Waals surface area contributed by atoms with Crippen LogP contribution in [0.3, 0.4) is 0 Å². The molecule has 0 bridgehead atoms. The number of hydrogen-bond donors (Lipinski definition) is 4. The van der Waals surface area contributed by atoms with Crippen LogP contribution >= 0.6 is 0 Å². The van der Waals surface area contributed by atoms with Crippen LogP contribution in [0.25, 0.3) is 0 Å². The number of benzene rings is 2. The molecule has 4 atom stereocenters. The Morgan fingerprint density at radius 2 is 1.75 bits per heavy atom. The fourth-order valence-electron chi connectivity index (χ4n) is 4.86. The molecule has 40 heavy (non-hydrogen) atoms. The molecular formula is C30H39F2N3O5. The topological polar surface area (TPSA) is 119 Å². The Labute approximate surface area is 233 Å². The van der Waals surface area contributed by atoms with Crippen molar-refractivity contribution in [3.8, 4) is 5.75 Å². The van der Waals surface area contributed by atoms with E-state index in [1.165, 1.54) is 32.0 Å². The predicted octanol–water partition coefficient (Wildman–Crippen LogP) is 3.44. The molecule has 0 saturated carbocycles. The minimum Gasteiger partial charge on any atom is -0.508 e. The molecule has 1 aliphatic rings. The van der Waals surface area contributed by atoms with E-state index in [0.717, 1.165) is 11.3 Å². The number of nitrogens with one attached hydrogen (secondary N) is 2. The molecule has 4 N–H and O–H groups in total. The van der Waals surface area contributed by atoms with Gasteiger partial charge in [0.05, 0.1) is 18.0 Å². The molecule has 1 aliphatic heterocycles. The number of amides is 3. The van der Waals surface area contributed by atoms with Gasteiger partial charge in [0.1, 0.15) is 11.8 Å². The van der Waals surface area contributed by atoms with E-state index in [1.807, 2.05) is 13.8 Å². The fraction of sp³-hybridized carbons (Fsp3) is 0.500. The van der Waals surface area contributed by atoms with Crippen molar-refractivity contribution in [2.24, 2.45) is 11.3 Å². The lowest BCUT2D eigenvalue weighted by molar-refractivity contribution is -0.148. The maximum atomic E-state index is 15.2. The number of carbonyl (C=O) groups is 3. The molecule has 1 fully saturated rings. The average Bonchev–Trinajstić information content (AvgIpc) is 3.11. The van der Waals surface area contributed by atoms with Crippen molar-refractivity contribution in [3.05, 3.63) is 65.2 Å². The summed E-state index contributed by atoms with van der Waals surface area (Å²) >= 11 is 0. The van der Waals surface area contributed by atoms with Gasteiger partial charge in [0, 0.05) is 17.7 Å². The van der Waals surface area contributed by atoms with Crippen LogP contribution in [0.15, 0.2) is 48.5 Å². The van der Waals surface area contributed by atoms with Crippen molar-refractivity contribution in [1.82, 2.24) is 15.5 Å². The summed E-state index contributed by atoms with van der Waals surface area (Å²) in [5.41, 5.74) is -0.784. The molecule has 2 aromatic carbocycles. The Morgan fingerprint density at radius 3 is 2.38 bits per heavy atom. The normalized spacial score (nSPS) is 19.9. The standard InChI is InChI=1S/C30H39F2N3O5/c1-6-18(2)16-33-27(39)25-29(4,5)30(31,32)17-35(25)28(40)24(37)22(15-20-11-8-7-9-12-20)34-26(38)21-13-10-14-23(36)19(21)3/h7-14,18,22,24-25,36-37H,6,15-17H2,1-5H3,(H,33,39)(H,34,38)/t18-,22-,24-,25+/m0/s1. The monoisotopic (exact) mass is 559 g/mol. The third kappa shape index (κ3) is 6.43. The molecule has 10 heteroatoms. The fourth-order valence-corrected chi connectivity index (χ4v) is 4.86. The lowest BCUT2D eigenvalue weighted by Gasteiger charge is -2.34. The Balaban J connectivity index is 1.93. The summed E-state index contributed by atoms with van der Waals surface area (Å²) in [6.45, 7) is 7.07. The molecule has 0 aromatic heterocycles. The summed E-state index contributed by atoms with van der Waals surface area (Å²) in [4.78, 5) is 40.8.